The molecule has 2 aliphatic heterocycles. The first-order chi connectivity index (χ1) is 24.3. The second kappa shape index (κ2) is 20.3. The highest BCUT2D eigenvalue weighted by atomic mass is 79.9. The van der Waals surface area contributed by atoms with Crippen LogP contribution >= 0.6 is 31.9 Å². The molecule has 2 heterocycles. The lowest BCUT2D eigenvalue weighted by molar-refractivity contribution is 0.0163. The van der Waals surface area contributed by atoms with Crippen molar-refractivity contribution in [2.75, 3.05) is 39.4 Å². The lowest BCUT2D eigenvalue weighted by Gasteiger charge is -2.34. The Morgan fingerprint density at radius 3 is 1.27 bits per heavy atom. The Hall–Kier alpha value is -2.46. The molecule has 0 aliphatic carbocycles. The van der Waals surface area contributed by atoms with Gasteiger partial charge in [-0.2, -0.15) is 0 Å². The molecule has 1 unspecified atom stereocenters. The third-order valence-corrected chi connectivity index (χ3v) is 11.1. The summed E-state index contributed by atoms with van der Waals surface area (Å²) in [4.78, 5) is 27.9. The summed E-state index contributed by atoms with van der Waals surface area (Å²) in [6, 6.07) is 12.2. The summed E-state index contributed by atoms with van der Waals surface area (Å²) in [6.45, 7) is 24.7. The van der Waals surface area contributed by atoms with Gasteiger partial charge >= 0.3 is 12.2 Å². The van der Waals surface area contributed by atoms with Crippen LogP contribution in [-0.4, -0.2) is 72.6 Å². The average molecular weight is 853 g/mol. The largest absolute Gasteiger partial charge is 0.493 e. The summed E-state index contributed by atoms with van der Waals surface area (Å²) in [6.07, 6.45) is 6.08. The number of rotatable bonds is 10. The highest BCUT2D eigenvalue weighted by Gasteiger charge is 2.29. The molecular weight excluding hydrogens is 788 g/mol. The van der Waals surface area contributed by atoms with Crippen molar-refractivity contribution >= 4 is 44.0 Å². The number of piperidine rings is 2. The van der Waals surface area contributed by atoms with Gasteiger partial charge in [0.25, 0.3) is 0 Å². The molecule has 2 saturated heterocycles. The quantitative estimate of drug-likeness (QED) is 0.237. The molecule has 0 spiro atoms. The monoisotopic (exact) mass is 850 g/mol. The first-order valence-corrected chi connectivity index (χ1v) is 20.6. The fourth-order valence-corrected chi connectivity index (χ4v) is 7.01. The van der Waals surface area contributed by atoms with Gasteiger partial charge in [-0.05, 0) is 165 Å². The highest BCUT2D eigenvalue weighted by Crippen LogP contribution is 2.29. The van der Waals surface area contributed by atoms with E-state index < -0.39 is 11.2 Å². The van der Waals surface area contributed by atoms with E-state index in [1.54, 1.807) is 0 Å². The minimum Gasteiger partial charge on any atom is -0.493 e. The Morgan fingerprint density at radius 2 is 0.981 bits per heavy atom. The number of benzene rings is 2. The SMILES string of the molecule is Cc1cc(OCC(C)CC2CCN(C(=O)OC(C)(C)C)CC2)ccc1Br.Cc1cc(OC[C@H](C)CC2CCN(C(=O)OC(C)(C)C)CC2)ccc1Br. The Balaban J connectivity index is 0.000000280. The van der Waals surface area contributed by atoms with E-state index in [1.807, 2.05) is 75.6 Å². The maximum atomic E-state index is 12.1. The predicted molar refractivity (Wildman–Crippen MR) is 217 cm³/mol. The summed E-state index contributed by atoms with van der Waals surface area (Å²) >= 11 is 7.03. The molecule has 8 nitrogen and oxygen atoms in total. The summed E-state index contributed by atoms with van der Waals surface area (Å²) in [5, 5.41) is 0. The molecule has 292 valence electrons. The summed E-state index contributed by atoms with van der Waals surface area (Å²) in [5.41, 5.74) is 1.52. The van der Waals surface area contributed by atoms with Gasteiger partial charge in [-0.25, -0.2) is 9.59 Å². The van der Waals surface area contributed by atoms with Gasteiger partial charge in [0.1, 0.15) is 22.7 Å². The van der Waals surface area contributed by atoms with Gasteiger partial charge in [-0.15, -0.1) is 0 Å². The van der Waals surface area contributed by atoms with Gasteiger partial charge in [0.2, 0.25) is 0 Å². The Bertz CT molecular complexity index is 1320. The smallest absolute Gasteiger partial charge is 0.410 e. The number of ether oxygens (including phenoxy) is 4. The van der Waals surface area contributed by atoms with Gasteiger partial charge in [0.05, 0.1) is 13.2 Å². The summed E-state index contributed by atoms with van der Waals surface area (Å²) in [5.74, 6) is 4.15. The van der Waals surface area contributed by atoms with E-state index in [-0.39, 0.29) is 12.2 Å². The zero-order chi connectivity index (χ0) is 38.6. The number of amides is 2. The molecule has 10 heteroatoms. The normalized spacial score (nSPS) is 17.1. The van der Waals surface area contributed by atoms with Crippen LogP contribution < -0.4 is 9.47 Å². The number of carbonyl (C=O) groups is 2. The van der Waals surface area contributed by atoms with Gasteiger partial charge < -0.3 is 28.7 Å². The molecule has 2 aromatic carbocycles. The van der Waals surface area contributed by atoms with E-state index in [4.69, 9.17) is 18.9 Å². The molecule has 0 N–H and O–H groups in total. The fraction of sp³-hybridized carbons (Fsp3) is 0.667. The third kappa shape index (κ3) is 16.3. The van der Waals surface area contributed by atoms with E-state index in [0.29, 0.717) is 23.7 Å². The highest BCUT2D eigenvalue weighted by molar-refractivity contribution is 9.10. The first-order valence-electron chi connectivity index (χ1n) is 19.0. The Labute approximate surface area is 330 Å². The van der Waals surface area contributed by atoms with Crippen molar-refractivity contribution in [3.05, 3.63) is 56.5 Å². The standard InChI is InChI=1S/2C21H32BrNO3/c2*1-15(14-25-18-6-7-19(22)16(2)13-18)12-17-8-10-23(11-9-17)20(24)26-21(3,4)5/h2*6-7,13,15,17H,8-12,14H2,1-5H3/t15-;/m1./s1. The van der Waals surface area contributed by atoms with Crippen LogP contribution in [0.25, 0.3) is 0 Å². The van der Waals surface area contributed by atoms with Crippen LogP contribution in [0.4, 0.5) is 9.59 Å². The van der Waals surface area contributed by atoms with Gasteiger partial charge in [0.15, 0.2) is 0 Å². The average Bonchev–Trinajstić information content (AvgIpc) is 3.05. The minimum absolute atomic E-state index is 0.182. The van der Waals surface area contributed by atoms with Gasteiger partial charge in [0, 0.05) is 35.1 Å². The van der Waals surface area contributed by atoms with E-state index in [1.165, 1.54) is 11.1 Å². The second-order valence-corrected chi connectivity index (χ2v) is 18.7. The topological polar surface area (TPSA) is 77.5 Å². The molecule has 2 amide bonds. The predicted octanol–water partition coefficient (Wildman–Crippen LogP) is 11.6. The number of hydrogen-bond donors (Lipinski definition) is 0. The van der Waals surface area contributed by atoms with Gasteiger partial charge in [-0.1, -0.05) is 45.7 Å². The minimum atomic E-state index is -0.425. The van der Waals surface area contributed by atoms with E-state index in [0.717, 1.165) is 98.4 Å². The molecule has 2 atom stereocenters. The third-order valence-electron chi connectivity index (χ3n) is 9.33. The molecule has 0 bridgehead atoms. The zero-order valence-corrected chi connectivity index (χ0v) is 36.5. The number of halogens is 2. The number of hydrogen-bond acceptors (Lipinski definition) is 6. The van der Waals surface area contributed by atoms with Crippen LogP contribution in [0.3, 0.4) is 0 Å². The van der Waals surface area contributed by atoms with Crippen molar-refractivity contribution < 1.29 is 28.5 Å². The molecular formula is C42H64Br2N2O6. The maximum absolute atomic E-state index is 12.1. The molecule has 0 radical (unpaired) electrons. The van der Waals surface area contributed by atoms with Crippen molar-refractivity contribution in [3.8, 4) is 11.5 Å². The Morgan fingerprint density at radius 1 is 0.654 bits per heavy atom. The summed E-state index contributed by atoms with van der Waals surface area (Å²) in [7, 11) is 0. The van der Waals surface area contributed by atoms with Crippen LogP contribution in [0.1, 0.15) is 105 Å². The van der Waals surface area contributed by atoms with Crippen LogP contribution in [0.2, 0.25) is 0 Å². The number of nitrogens with zero attached hydrogens (tertiary/aromatic N) is 2. The van der Waals surface area contributed by atoms with E-state index in [2.05, 4.69) is 71.7 Å². The van der Waals surface area contributed by atoms with Crippen molar-refractivity contribution in [2.24, 2.45) is 23.7 Å². The number of carbonyl (C=O) groups excluding carboxylic acids is 2. The maximum Gasteiger partial charge on any atom is 0.410 e. The molecule has 4 rings (SSSR count). The van der Waals surface area contributed by atoms with Crippen molar-refractivity contribution in [2.45, 2.75) is 119 Å². The fourth-order valence-electron chi connectivity index (χ4n) is 6.52. The van der Waals surface area contributed by atoms with E-state index in [9.17, 15) is 9.59 Å². The van der Waals surface area contributed by atoms with Crippen LogP contribution in [0.5, 0.6) is 11.5 Å². The molecule has 52 heavy (non-hydrogen) atoms. The molecule has 0 aromatic heterocycles. The molecule has 2 aromatic rings. The Kier molecular flexibility index (Phi) is 17.1. The molecule has 2 fully saturated rings. The number of aryl methyl sites for hydroxylation is 2. The zero-order valence-electron chi connectivity index (χ0n) is 33.4. The van der Waals surface area contributed by atoms with Crippen molar-refractivity contribution in [1.82, 2.24) is 9.80 Å². The van der Waals surface area contributed by atoms with Crippen LogP contribution in [0.15, 0.2) is 45.3 Å². The van der Waals surface area contributed by atoms with Crippen LogP contribution in [-0.2, 0) is 9.47 Å². The molecule has 2 aliphatic rings. The lowest BCUT2D eigenvalue weighted by atomic mass is 9.88. The molecule has 0 saturated carbocycles. The van der Waals surface area contributed by atoms with Crippen LogP contribution in [0, 0.1) is 37.5 Å². The number of likely N-dealkylation sites (tertiary alicyclic amines) is 2. The van der Waals surface area contributed by atoms with E-state index >= 15 is 0 Å². The lowest BCUT2D eigenvalue weighted by Crippen LogP contribution is -2.42. The second-order valence-electron chi connectivity index (χ2n) is 16.9. The van der Waals surface area contributed by atoms with Crippen molar-refractivity contribution in [1.29, 1.82) is 0 Å². The first kappa shape index (κ1) is 43.9. The summed E-state index contributed by atoms with van der Waals surface area (Å²) < 4.78 is 25.0. The van der Waals surface area contributed by atoms with Gasteiger partial charge in [-0.3, -0.25) is 0 Å². The van der Waals surface area contributed by atoms with Crippen molar-refractivity contribution in [3.63, 3.8) is 0 Å².